The average Bonchev–Trinajstić information content (AvgIpc) is 3.51. The first kappa shape index (κ1) is 56.9. The van der Waals surface area contributed by atoms with Crippen molar-refractivity contribution in [2.75, 3.05) is 31.3 Å². The molecule has 1 unspecified atom stereocenters. The van der Waals surface area contributed by atoms with E-state index in [4.69, 9.17) is 25.7 Å². The second-order valence-electron chi connectivity index (χ2n) is 19.5. The molecule has 26 heteroatoms. The van der Waals surface area contributed by atoms with Crippen LogP contribution in [0.15, 0.2) is 60.0 Å². The fourth-order valence-corrected chi connectivity index (χ4v) is 9.82. The molecule has 3 amide bonds. The number of ketones is 2. The van der Waals surface area contributed by atoms with E-state index in [9.17, 15) is 59.4 Å². The summed E-state index contributed by atoms with van der Waals surface area (Å²) in [4.78, 5) is 95.2. The van der Waals surface area contributed by atoms with E-state index in [-0.39, 0.29) is 77.5 Å². The van der Waals surface area contributed by atoms with Crippen molar-refractivity contribution in [1.82, 2.24) is 36.0 Å². The number of nitrogens with two attached hydrogens (primary N) is 2. The summed E-state index contributed by atoms with van der Waals surface area (Å²) >= 11 is 0. The molecular weight excluding hydrogens is 1030 g/mol. The average molecular weight is 1090 g/mol. The highest BCUT2D eigenvalue weighted by Gasteiger charge is 2.50. The van der Waals surface area contributed by atoms with E-state index in [1.165, 1.54) is 37.7 Å². The lowest BCUT2D eigenvalue weighted by Gasteiger charge is -2.43. The molecule has 14 N–H and O–H groups in total. The molecule has 7 atom stereocenters. The van der Waals surface area contributed by atoms with Crippen LogP contribution in [0.3, 0.4) is 0 Å². The number of carbonyl (C=O) groups excluding carboxylic acids is 5. The number of phenolic OH excluding ortho intramolecular Hbond substituents is 2. The van der Waals surface area contributed by atoms with Crippen molar-refractivity contribution in [3.63, 3.8) is 0 Å². The molecule has 1 aliphatic heterocycles. The minimum Gasteiger partial charge on any atom is -0.507 e. The van der Waals surface area contributed by atoms with E-state index >= 15 is 0 Å². The van der Waals surface area contributed by atoms with Crippen molar-refractivity contribution in [2.45, 2.75) is 120 Å². The minimum absolute atomic E-state index is 0.0211. The number of benzene rings is 3. The lowest BCUT2D eigenvalue weighted by atomic mass is 9.71. The van der Waals surface area contributed by atoms with Crippen LogP contribution in [0.1, 0.15) is 130 Å². The zero-order valence-electron chi connectivity index (χ0n) is 43.1. The van der Waals surface area contributed by atoms with Crippen LogP contribution < -0.4 is 37.6 Å². The number of aliphatic hydroxyl groups excluding tert-OH is 2. The third kappa shape index (κ3) is 12.7. The molecule has 26 nitrogen and oxygen atoms in total. The number of aliphatic hydroxyl groups is 3. The molecule has 5 aromatic rings. The van der Waals surface area contributed by atoms with Crippen LogP contribution in [0.5, 0.6) is 17.2 Å². The summed E-state index contributed by atoms with van der Waals surface area (Å²) in [6.45, 7) is 1.28. The van der Waals surface area contributed by atoms with Crippen molar-refractivity contribution in [1.29, 1.82) is 0 Å². The Morgan fingerprint density at radius 1 is 0.937 bits per heavy atom. The summed E-state index contributed by atoms with van der Waals surface area (Å²) in [7, 11) is 1.31. The monoisotopic (exact) mass is 1090 g/mol. The van der Waals surface area contributed by atoms with Gasteiger partial charge in [0.05, 0.1) is 66.8 Å². The summed E-state index contributed by atoms with van der Waals surface area (Å²) in [5.41, 5.74) is 11.8. The maximum absolute atomic E-state index is 14.1. The zero-order valence-corrected chi connectivity index (χ0v) is 43.1. The molecule has 0 radical (unpaired) electrons. The Morgan fingerprint density at radius 3 is 2.41 bits per heavy atom. The lowest BCUT2D eigenvalue weighted by Crippen LogP contribution is -2.53. The van der Waals surface area contributed by atoms with Gasteiger partial charge in [-0.1, -0.05) is 37.1 Å². The number of nitrogen functional groups attached to an aromatic ring is 1. The van der Waals surface area contributed by atoms with Gasteiger partial charge in [0.15, 0.2) is 17.7 Å². The molecule has 2 aliphatic carbocycles. The normalized spacial score (nSPS) is 21.0. The molecule has 1 saturated heterocycles. The van der Waals surface area contributed by atoms with Gasteiger partial charge in [0, 0.05) is 73.5 Å². The number of amides is 3. The first-order valence-electron chi connectivity index (χ1n) is 25.5. The predicted molar refractivity (Wildman–Crippen MR) is 280 cm³/mol. The van der Waals surface area contributed by atoms with Crippen molar-refractivity contribution in [3.8, 4) is 17.2 Å². The number of fused-ring (bicyclic) bond motifs is 4. The summed E-state index contributed by atoms with van der Waals surface area (Å²) in [5.74, 6) is -5.36. The van der Waals surface area contributed by atoms with Gasteiger partial charge in [0.1, 0.15) is 40.2 Å². The van der Waals surface area contributed by atoms with Gasteiger partial charge in [-0.3, -0.25) is 24.0 Å². The Bertz CT molecular complexity index is 3180. The van der Waals surface area contributed by atoms with Gasteiger partial charge in [-0.25, -0.2) is 25.2 Å². The molecular formula is C53H61N11O15. The zero-order chi connectivity index (χ0) is 56.7. The van der Waals surface area contributed by atoms with Crippen LogP contribution in [0.25, 0.3) is 11.2 Å². The van der Waals surface area contributed by atoms with Crippen molar-refractivity contribution >= 4 is 63.9 Å². The number of hydrazone groups is 1. The maximum atomic E-state index is 14.1. The maximum Gasteiger partial charge on any atom is 0.326 e. The van der Waals surface area contributed by atoms with Gasteiger partial charge >= 0.3 is 5.97 Å². The molecule has 418 valence electrons. The number of rotatable bonds is 22. The number of carbonyl (C=O) groups is 6. The third-order valence-electron chi connectivity index (χ3n) is 14.1. The number of carboxylic acids is 1. The number of nitrogens with one attached hydrogen (secondary N) is 4. The molecule has 0 saturated carbocycles. The Morgan fingerprint density at radius 2 is 1.68 bits per heavy atom. The smallest absolute Gasteiger partial charge is 0.326 e. The highest BCUT2D eigenvalue weighted by Crippen LogP contribution is 2.52. The molecule has 8 rings (SSSR count). The van der Waals surface area contributed by atoms with Crippen LogP contribution in [0.4, 0.5) is 11.8 Å². The summed E-state index contributed by atoms with van der Waals surface area (Å²) in [6, 6.07) is 8.68. The molecule has 0 spiro atoms. The second-order valence-corrected chi connectivity index (χ2v) is 19.5. The van der Waals surface area contributed by atoms with Crippen LogP contribution in [0.2, 0.25) is 0 Å². The lowest BCUT2D eigenvalue weighted by molar-refractivity contribution is -0.245. The highest BCUT2D eigenvalue weighted by molar-refractivity contribution is 6.31. The SMILES string of the molecule is COc1cccc2c1C(=O)c1c(O)c3c(c(O)c1C2=O)C[C@@](O)(/C(CO)=N/NC(=O)CCCCCCNC(=O)CCC(NC(=O)c1ccc(CNc2cnc4nc(N)ncc4n2)cc1)C(=O)O)C[C@@H]3O[C@H]1C[C@H](N)[C@H](O)[C@H](C)O1. The quantitative estimate of drug-likeness (QED) is 0.0199. The minimum atomic E-state index is -2.20. The largest absolute Gasteiger partial charge is 0.507 e. The Balaban J connectivity index is 0.802. The standard InChI is InChI=1S/C53H61N11O15/c1-25-44(68)30(54)18-39(78-25)79-34-20-53(76,19-29-41(34)48(72)43-42(46(29)70)45(69)28-8-7-9-33(77-2)40(28)47(43)71)35(24-65)63-64-38(67)10-5-3-4-6-17-56-37(66)16-15-31(51(74)75)61-50(73)27-13-11-26(12-14-27)21-57-36-23-58-49-32(60-36)22-59-52(55)62-49/h7-9,11-14,22-23,25,30-31,34,39,44,65,68,70,72,76H,3-6,10,15-21,24,54H2,1-2H3,(H,56,66)(H,57,60)(H,61,73)(H,64,67)(H,74,75)(H2,55,58,59,62)/b63-35+/t25-,30-,31?,34-,39-,44+,53-/m0/s1. The van der Waals surface area contributed by atoms with Crippen molar-refractivity contribution < 1.29 is 73.6 Å². The number of unbranched alkanes of at least 4 members (excludes halogenated alkanes) is 3. The number of nitrogens with zero attached hydrogens (tertiary/aromatic N) is 5. The number of ether oxygens (including phenoxy) is 3. The molecule has 3 aliphatic rings. The van der Waals surface area contributed by atoms with Gasteiger partial charge in [-0.05, 0) is 49.9 Å². The van der Waals surface area contributed by atoms with Crippen LogP contribution in [-0.4, -0.2) is 148 Å². The van der Waals surface area contributed by atoms with E-state index in [1.54, 1.807) is 31.2 Å². The number of anilines is 2. The Kier molecular flexibility index (Phi) is 17.7. The fourth-order valence-electron chi connectivity index (χ4n) is 9.82. The number of phenols is 2. The number of aromatic hydroxyl groups is 2. The summed E-state index contributed by atoms with van der Waals surface area (Å²) < 4.78 is 17.5. The van der Waals surface area contributed by atoms with Crippen molar-refractivity contribution in [3.05, 3.63) is 99.4 Å². The second kappa shape index (κ2) is 24.6. The number of methoxy groups -OCH3 is 1. The fraction of sp³-hybridized carbons (Fsp3) is 0.415. The molecule has 79 heavy (non-hydrogen) atoms. The Hall–Kier alpha value is -8.27. The van der Waals surface area contributed by atoms with Crippen LogP contribution >= 0.6 is 0 Å². The van der Waals surface area contributed by atoms with E-state index in [0.29, 0.717) is 49.2 Å². The third-order valence-corrected chi connectivity index (χ3v) is 14.1. The summed E-state index contributed by atoms with van der Waals surface area (Å²) in [6.07, 6.45) is -0.796. The van der Waals surface area contributed by atoms with Crippen LogP contribution in [0, 0.1) is 0 Å². The highest BCUT2D eigenvalue weighted by atomic mass is 16.7. The van der Waals surface area contributed by atoms with E-state index in [0.717, 1.165) is 5.56 Å². The van der Waals surface area contributed by atoms with Crippen molar-refractivity contribution in [2.24, 2.45) is 10.8 Å². The number of aromatic nitrogens is 4. The molecule has 1 fully saturated rings. The predicted octanol–water partition coefficient (Wildman–Crippen LogP) is 1.56. The van der Waals surface area contributed by atoms with Gasteiger partial charge in [0.25, 0.3) is 5.91 Å². The van der Waals surface area contributed by atoms with Gasteiger partial charge in [-0.2, -0.15) is 10.1 Å². The number of hydrogen-bond donors (Lipinski definition) is 12. The summed E-state index contributed by atoms with van der Waals surface area (Å²) in [5, 5.41) is 79.3. The van der Waals surface area contributed by atoms with Crippen LogP contribution in [-0.2, 0) is 36.8 Å². The number of aliphatic carboxylic acids is 1. The molecule has 0 bridgehead atoms. The van der Waals surface area contributed by atoms with Gasteiger partial charge in [-0.15, -0.1) is 0 Å². The molecule has 3 aromatic carbocycles. The number of hydrogen-bond acceptors (Lipinski definition) is 22. The first-order chi connectivity index (χ1) is 37.8. The van der Waals surface area contributed by atoms with E-state index in [1.807, 2.05) is 0 Å². The van der Waals surface area contributed by atoms with Gasteiger partial charge in [0.2, 0.25) is 23.5 Å². The topological polar surface area (TPSA) is 416 Å². The molecule has 2 aromatic heterocycles. The number of carboxylic acid groups (broad SMARTS) is 1. The Labute approximate surface area is 451 Å². The van der Waals surface area contributed by atoms with E-state index < -0.39 is 120 Å². The van der Waals surface area contributed by atoms with Gasteiger partial charge < -0.3 is 72.3 Å². The van der Waals surface area contributed by atoms with E-state index in [2.05, 4.69) is 46.4 Å². The first-order valence-corrected chi connectivity index (χ1v) is 25.5. The molecule has 3 heterocycles.